The van der Waals surface area contributed by atoms with E-state index in [4.69, 9.17) is 4.74 Å². The third-order valence-electron chi connectivity index (χ3n) is 5.44. The summed E-state index contributed by atoms with van der Waals surface area (Å²) in [5.74, 6) is 0.772. The van der Waals surface area contributed by atoms with Gasteiger partial charge in [-0.1, -0.05) is 0 Å². The van der Waals surface area contributed by atoms with Crippen molar-refractivity contribution in [3.8, 4) is 0 Å². The maximum Gasteiger partial charge on any atom is 0.310 e. The lowest BCUT2D eigenvalue weighted by Crippen LogP contribution is -2.44. The van der Waals surface area contributed by atoms with Crippen LogP contribution in [-0.2, 0) is 16.1 Å². The molecule has 2 aliphatic carbocycles. The average molecular weight is 347 g/mol. The molecule has 2 heterocycles. The smallest absolute Gasteiger partial charge is 0.310 e. The molecule has 0 spiro atoms. The number of rotatable bonds is 4. The zero-order valence-corrected chi connectivity index (χ0v) is 14.6. The molecule has 0 aromatic carbocycles. The summed E-state index contributed by atoms with van der Waals surface area (Å²) >= 11 is 1.51. The quantitative estimate of drug-likeness (QED) is 0.853. The molecule has 1 N–H and O–H groups in total. The van der Waals surface area contributed by atoms with Crippen molar-refractivity contribution >= 4 is 22.3 Å². The fraction of sp³-hybridized carbons (Fsp3) is 0.588. The van der Waals surface area contributed by atoms with Crippen LogP contribution in [0, 0.1) is 24.7 Å². The van der Waals surface area contributed by atoms with Crippen LogP contribution < -0.4 is 10.9 Å². The standard InChI is InChI=1S/C17H21N3O3S/c1-9-8-20-13(21)6-12(19-17(20)24-9)7-18-15-11-4-3-10(5-11)14(15)16(22)23-2/h6,8,10-11,14-15,18H,3-5,7H2,1-2H3/t10-,11+,14+,15-/m1/s1. The number of aryl methyl sites for hydroxylation is 1. The molecule has 0 amide bonds. The van der Waals surface area contributed by atoms with Gasteiger partial charge in [-0.15, -0.1) is 11.3 Å². The molecule has 2 aromatic heterocycles. The lowest BCUT2D eigenvalue weighted by atomic mass is 9.84. The van der Waals surface area contributed by atoms with Gasteiger partial charge >= 0.3 is 5.97 Å². The van der Waals surface area contributed by atoms with Crippen molar-refractivity contribution in [3.05, 3.63) is 33.2 Å². The van der Waals surface area contributed by atoms with Crippen molar-refractivity contribution in [2.75, 3.05) is 7.11 Å². The lowest BCUT2D eigenvalue weighted by molar-refractivity contribution is -0.148. The highest BCUT2D eigenvalue weighted by Gasteiger charge is 2.51. The molecule has 2 aliphatic rings. The molecule has 2 fully saturated rings. The van der Waals surface area contributed by atoms with E-state index in [9.17, 15) is 9.59 Å². The first-order valence-electron chi connectivity index (χ1n) is 8.36. The van der Waals surface area contributed by atoms with Gasteiger partial charge in [0.15, 0.2) is 4.96 Å². The van der Waals surface area contributed by atoms with Gasteiger partial charge in [0.05, 0.1) is 18.7 Å². The summed E-state index contributed by atoms with van der Waals surface area (Å²) in [6.45, 7) is 2.47. The third kappa shape index (κ3) is 2.56. The number of esters is 1. The normalized spacial score (nSPS) is 28.6. The molecule has 4 atom stereocenters. The van der Waals surface area contributed by atoms with Gasteiger partial charge in [-0.25, -0.2) is 4.98 Å². The Kier molecular flexibility index (Phi) is 3.92. The maximum atomic E-state index is 12.2. The Bertz CT molecular complexity index is 843. The van der Waals surface area contributed by atoms with Crippen molar-refractivity contribution in [3.63, 3.8) is 0 Å². The van der Waals surface area contributed by atoms with Crippen molar-refractivity contribution in [1.82, 2.24) is 14.7 Å². The zero-order valence-electron chi connectivity index (χ0n) is 13.8. The Morgan fingerprint density at radius 3 is 3.04 bits per heavy atom. The molecule has 2 saturated carbocycles. The van der Waals surface area contributed by atoms with Crippen LogP contribution >= 0.6 is 11.3 Å². The van der Waals surface area contributed by atoms with Crippen LogP contribution in [0.1, 0.15) is 29.8 Å². The molecule has 7 heteroatoms. The average Bonchev–Trinajstić information content (AvgIpc) is 3.25. The van der Waals surface area contributed by atoms with E-state index in [1.54, 1.807) is 10.5 Å². The number of hydrogen-bond acceptors (Lipinski definition) is 6. The largest absolute Gasteiger partial charge is 0.469 e. The summed E-state index contributed by atoms with van der Waals surface area (Å²) in [6, 6.07) is 1.70. The Labute approximate surface area is 143 Å². The molecule has 0 saturated heterocycles. The second-order valence-corrected chi connectivity index (χ2v) is 8.08. The summed E-state index contributed by atoms with van der Waals surface area (Å²) in [4.78, 5) is 30.7. The summed E-state index contributed by atoms with van der Waals surface area (Å²) in [5, 5.41) is 3.49. The SMILES string of the molecule is COC(=O)[C@H]1[C@@H]2CC[C@@H](C2)[C@H]1NCc1cc(=O)n2cc(C)sc2n1. The monoisotopic (exact) mass is 347 g/mol. The molecule has 0 unspecified atom stereocenters. The number of hydrogen-bond donors (Lipinski definition) is 1. The Hall–Kier alpha value is -1.73. The number of ether oxygens (including phenoxy) is 1. The minimum absolute atomic E-state index is 0.0568. The minimum Gasteiger partial charge on any atom is -0.469 e. The molecule has 2 bridgehead atoms. The van der Waals surface area contributed by atoms with Gasteiger partial charge in [0.1, 0.15) is 0 Å². The van der Waals surface area contributed by atoms with E-state index in [2.05, 4.69) is 10.3 Å². The van der Waals surface area contributed by atoms with Crippen molar-refractivity contribution in [1.29, 1.82) is 0 Å². The number of aromatic nitrogens is 2. The number of methoxy groups -OCH3 is 1. The minimum atomic E-state index is -0.114. The topological polar surface area (TPSA) is 72.7 Å². The molecular formula is C17H21N3O3S. The zero-order chi connectivity index (χ0) is 16.8. The number of thiazole rings is 1. The van der Waals surface area contributed by atoms with Gasteiger partial charge in [0.25, 0.3) is 5.56 Å². The van der Waals surface area contributed by atoms with E-state index in [-0.39, 0.29) is 23.5 Å². The van der Waals surface area contributed by atoms with Crippen LogP contribution in [0.25, 0.3) is 4.96 Å². The Morgan fingerprint density at radius 2 is 2.25 bits per heavy atom. The molecule has 6 nitrogen and oxygen atoms in total. The second kappa shape index (κ2) is 5.97. The fourth-order valence-electron chi connectivity index (χ4n) is 4.43. The van der Waals surface area contributed by atoms with Gasteiger partial charge in [0.2, 0.25) is 0 Å². The van der Waals surface area contributed by atoms with Crippen LogP contribution in [0.2, 0.25) is 0 Å². The summed E-state index contributed by atoms with van der Waals surface area (Å²) in [7, 11) is 1.46. The number of nitrogens with one attached hydrogen (secondary N) is 1. The fourth-order valence-corrected chi connectivity index (χ4v) is 5.28. The molecule has 0 aliphatic heterocycles. The van der Waals surface area contributed by atoms with E-state index in [1.165, 1.54) is 18.4 Å². The molecule has 2 aromatic rings. The molecular weight excluding hydrogens is 326 g/mol. The van der Waals surface area contributed by atoms with Crippen LogP contribution in [0.5, 0.6) is 0 Å². The molecule has 24 heavy (non-hydrogen) atoms. The highest BCUT2D eigenvalue weighted by atomic mass is 32.1. The maximum absolute atomic E-state index is 12.2. The first-order valence-corrected chi connectivity index (χ1v) is 9.18. The number of carbonyl (C=O) groups excluding carboxylic acids is 1. The van der Waals surface area contributed by atoms with E-state index < -0.39 is 0 Å². The van der Waals surface area contributed by atoms with Gasteiger partial charge in [0, 0.05) is 29.7 Å². The molecule has 4 rings (SSSR count). The first kappa shape index (κ1) is 15.8. The van der Waals surface area contributed by atoms with Gasteiger partial charge in [-0.3, -0.25) is 14.0 Å². The predicted molar refractivity (Wildman–Crippen MR) is 91.0 cm³/mol. The second-order valence-electron chi connectivity index (χ2n) is 6.87. The number of nitrogens with zero attached hydrogens (tertiary/aromatic N) is 2. The van der Waals surface area contributed by atoms with Gasteiger partial charge in [-0.05, 0) is 38.0 Å². The predicted octanol–water partition coefficient (Wildman–Crippen LogP) is 1.74. The van der Waals surface area contributed by atoms with E-state index in [1.807, 2.05) is 13.1 Å². The number of carbonyl (C=O) groups is 1. The van der Waals surface area contributed by atoms with Crippen LogP contribution in [-0.4, -0.2) is 28.5 Å². The van der Waals surface area contributed by atoms with E-state index in [0.29, 0.717) is 23.3 Å². The number of fused-ring (bicyclic) bond motifs is 3. The van der Waals surface area contributed by atoms with Crippen LogP contribution in [0.3, 0.4) is 0 Å². The van der Waals surface area contributed by atoms with Crippen LogP contribution in [0.15, 0.2) is 17.1 Å². The Morgan fingerprint density at radius 1 is 1.46 bits per heavy atom. The van der Waals surface area contributed by atoms with Crippen molar-refractivity contribution in [2.45, 2.75) is 38.8 Å². The van der Waals surface area contributed by atoms with E-state index >= 15 is 0 Å². The Balaban J connectivity index is 1.54. The lowest BCUT2D eigenvalue weighted by Gasteiger charge is -2.29. The molecule has 128 valence electrons. The van der Waals surface area contributed by atoms with Crippen LogP contribution in [0.4, 0.5) is 0 Å². The third-order valence-corrected chi connectivity index (χ3v) is 6.34. The van der Waals surface area contributed by atoms with Gasteiger partial charge < -0.3 is 10.1 Å². The first-order chi connectivity index (χ1) is 11.6. The van der Waals surface area contributed by atoms with Gasteiger partial charge in [-0.2, -0.15) is 0 Å². The highest BCUT2D eigenvalue weighted by molar-refractivity contribution is 7.16. The van der Waals surface area contributed by atoms with Crippen molar-refractivity contribution in [2.24, 2.45) is 17.8 Å². The summed E-state index contributed by atoms with van der Waals surface area (Å²) < 4.78 is 6.58. The summed E-state index contributed by atoms with van der Waals surface area (Å²) in [6.07, 6.45) is 5.18. The van der Waals surface area contributed by atoms with E-state index in [0.717, 1.165) is 29.8 Å². The summed E-state index contributed by atoms with van der Waals surface area (Å²) in [5.41, 5.74) is 0.673. The highest BCUT2D eigenvalue weighted by Crippen LogP contribution is 2.48. The molecule has 0 radical (unpaired) electrons. The van der Waals surface area contributed by atoms with Crippen molar-refractivity contribution < 1.29 is 9.53 Å².